The first-order valence-corrected chi connectivity index (χ1v) is 4.80. The second kappa shape index (κ2) is 3.87. The molecule has 0 saturated carbocycles. The van der Waals surface area contributed by atoms with Crippen LogP contribution >= 0.6 is 11.3 Å². The standard InChI is InChI=1S/C8H14N2OS/c1-6-7(2)12-8(11)10(6)5-4-9-3/h9H,4-5H2,1-3H3. The van der Waals surface area contributed by atoms with Crippen LogP contribution in [-0.4, -0.2) is 18.2 Å². The molecule has 0 bridgehead atoms. The SMILES string of the molecule is CNCCn1c(C)c(C)sc1=O. The fourth-order valence-corrected chi connectivity index (χ4v) is 1.93. The van der Waals surface area contributed by atoms with Crippen molar-refractivity contribution in [2.45, 2.75) is 20.4 Å². The van der Waals surface area contributed by atoms with Crippen LogP contribution < -0.4 is 10.2 Å². The Kier molecular flexibility index (Phi) is 3.05. The molecule has 1 aromatic heterocycles. The van der Waals surface area contributed by atoms with Gasteiger partial charge >= 0.3 is 4.87 Å². The largest absolute Gasteiger partial charge is 0.318 e. The van der Waals surface area contributed by atoms with Gasteiger partial charge in [-0.1, -0.05) is 11.3 Å². The molecule has 0 amide bonds. The lowest BCUT2D eigenvalue weighted by molar-refractivity contribution is 0.623. The van der Waals surface area contributed by atoms with E-state index in [0.29, 0.717) is 0 Å². The summed E-state index contributed by atoms with van der Waals surface area (Å²) in [7, 11) is 1.89. The number of hydrogen-bond acceptors (Lipinski definition) is 3. The quantitative estimate of drug-likeness (QED) is 0.755. The molecule has 0 fully saturated rings. The number of nitrogens with zero attached hydrogens (tertiary/aromatic N) is 1. The van der Waals surface area contributed by atoms with E-state index in [2.05, 4.69) is 5.32 Å². The fraction of sp³-hybridized carbons (Fsp3) is 0.625. The highest BCUT2D eigenvalue weighted by atomic mass is 32.1. The topological polar surface area (TPSA) is 34.0 Å². The van der Waals surface area contributed by atoms with Gasteiger partial charge in [-0.05, 0) is 20.9 Å². The highest BCUT2D eigenvalue weighted by Crippen LogP contribution is 2.08. The molecule has 0 spiro atoms. The van der Waals surface area contributed by atoms with E-state index in [1.807, 2.05) is 25.5 Å². The summed E-state index contributed by atoms with van der Waals surface area (Å²) in [4.78, 5) is 12.6. The van der Waals surface area contributed by atoms with E-state index in [1.54, 1.807) is 0 Å². The highest BCUT2D eigenvalue weighted by Gasteiger charge is 2.05. The van der Waals surface area contributed by atoms with E-state index < -0.39 is 0 Å². The lowest BCUT2D eigenvalue weighted by Crippen LogP contribution is -2.22. The van der Waals surface area contributed by atoms with Crippen LogP contribution in [0, 0.1) is 13.8 Å². The Labute approximate surface area is 76.0 Å². The van der Waals surface area contributed by atoms with Gasteiger partial charge in [-0.15, -0.1) is 0 Å². The van der Waals surface area contributed by atoms with Gasteiger partial charge in [-0.25, -0.2) is 0 Å². The number of rotatable bonds is 3. The van der Waals surface area contributed by atoms with E-state index >= 15 is 0 Å². The molecule has 0 aliphatic carbocycles. The second-order valence-corrected chi connectivity index (χ2v) is 3.93. The van der Waals surface area contributed by atoms with E-state index in [1.165, 1.54) is 11.3 Å². The molecular weight excluding hydrogens is 172 g/mol. The minimum Gasteiger partial charge on any atom is -0.318 e. The summed E-state index contributed by atoms with van der Waals surface area (Å²) in [6, 6.07) is 0. The number of thiazole rings is 1. The summed E-state index contributed by atoms with van der Waals surface area (Å²) in [5, 5.41) is 3.02. The molecule has 4 heteroatoms. The summed E-state index contributed by atoms with van der Waals surface area (Å²) in [6.07, 6.45) is 0. The van der Waals surface area contributed by atoms with Gasteiger partial charge in [-0.3, -0.25) is 4.79 Å². The average molecular weight is 186 g/mol. The monoisotopic (exact) mass is 186 g/mol. The van der Waals surface area contributed by atoms with Crippen molar-refractivity contribution in [3.8, 4) is 0 Å². The highest BCUT2D eigenvalue weighted by molar-refractivity contribution is 7.09. The maximum Gasteiger partial charge on any atom is 0.307 e. The zero-order valence-electron chi connectivity index (χ0n) is 7.68. The second-order valence-electron chi connectivity index (χ2n) is 2.76. The first-order chi connectivity index (χ1) is 5.66. The minimum atomic E-state index is 0.153. The lowest BCUT2D eigenvalue weighted by Gasteiger charge is -2.02. The van der Waals surface area contributed by atoms with Gasteiger partial charge in [-0.2, -0.15) is 0 Å². The Morgan fingerprint density at radius 3 is 2.58 bits per heavy atom. The zero-order chi connectivity index (χ0) is 9.14. The Morgan fingerprint density at radius 2 is 2.17 bits per heavy atom. The Morgan fingerprint density at radius 1 is 1.50 bits per heavy atom. The van der Waals surface area contributed by atoms with E-state index in [0.717, 1.165) is 23.7 Å². The number of aromatic nitrogens is 1. The van der Waals surface area contributed by atoms with Crippen molar-refractivity contribution in [3.63, 3.8) is 0 Å². The summed E-state index contributed by atoms with van der Waals surface area (Å²) < 4.78 is 1.82. The van der Waals surface area contributed by atoms with Crippen LogP contribution in [0.4, 0.5) is 0 Å². The third-order valence-electron chi connectivity index (χ3n) is 1.96. The van der Waals surface area contributed by atoms with Crippen molar-refractivity contribution < 1.29 is 0 Å². The maximum absolute atomic E-state index is 11.3. The lowest BCUT2D eigenvalue weighted by atomic mass is 10.4. The molecule has 1 rings (SSSR count). The van der Waals surface area contributed by atoms with Gasteiger partial charge in [0.1, 0.15) is 0 Å². The number of likely N-dealkylation sites (N-methyl/N-ethyl adjacent to an activating group) is 1. The van der Waals surface area contributed by atoms with Gasteiger partial charge in [0, 0.05) is 23.7 Å². The number of hydrogen-bond donors (Lipinski definition) is 1. The Balaban J connectivity index is 2.90. The van der Waals surface area contributed by atoms with Crippen LogP contribution in [0.3, 0.4) is 0 Å². The predicted octanol–water partition coefficient (Wildman–Crippen LogP) is 0.746. The molecule has 0 aliphatic heterocycles. The molecule has 0 unspecified atom stereocenters. The first-order valence-electron chi connectivity index (χ1n) is 3.98. The van der Waals surface area contributed by atoms with Crippen LogP contribution in [0.25, 0.3) is 0 Å². The summed E-state index contributed by atoms with van der Waals surface area (Å²) in [5.41, 5.74) is 1.10. The summed E-state index contributed by atoms with van der Waals surface area (Å²) in [6.45, 7) is 5.59. The summed E-state index contributed by atoms with van der Waals surface area (Å²) in [5.74, 6) is 0. The van der Waals surface area contributed by atoms with Crippen molar-refractivity contribution >= 4 is 11.3 Å². The molecule has 3 nitrogen and oxygen atoms in total. The molecule has 0 radical (unpaired) electrons. The van der Waals surface area contributed by atoms with E-state index in [4.69, 9.17) is 0 Å². The predicted molar refractivity (Wildman–Crippen MR) is 52.0 cm³/mol. The summed E-state index contributed by atoms with van der Waals surface area (Å²) >= 11 is 1.33. The molecule has 0 aliphatic rings. The Bertz CT molecular complexity index is 313. The van der Waals surface area contributed by atoms with Crippen molar-refractivity contribution in [3.05, 3.63) is 20.2 Å². The van der Waals surface area contributed by atoms with Crippen molar-refractivity contribution in [1.29, 1.82) is 0 Å². The van der Waals surface area contributed by atoms with E-state index in [-0.39, 0.29) is 4.87 Å². The molecule has 0 aromatic carbocycles. The molecule has 0 saturated heterocycles. The van der Waals surface area contributed by atoms with Gasteiger partial charge in [0.15, 0.2) is 0 Å². The fourth-order valence-electron chi connectivity index (χ4n) is 1.07. The minimum absolute atomic E-state index is 0.153. The molecule has 1 heterocycles. The number of aryl methyl sites for hydroxylation is 1. The first kappa shape index (κ1) is 9.48. The van der Waals surface area contributed by atoms with Crippen LogP contribution in [0.15, 0.2) is 4.79 Å². The normalized spacial score (nSPS) is 10.6. The molecule has 0 atom stereocenters. The maximum atomic E-state index is 11.3. The zero-order valence-corrected chi connectivity index (χ0v) is 8.49. The smallest absolute Gasteiger partial charge is 0.307 e. The van der Waals surface area contributed by atoms with Crippen LogP contribution in [-0.2, 0) is 6.54 Å². The van der Waals surface area contributed by atoms with Crippen LogP contribution in [0.5, 0.6) is 0 Å². The number of nitrogens with one attached hydrogen (secondary N) is 1. The van der Waals surface area contributed by atoms with Gasteiger partial charge in [0.2, 0.25) is 0 Å². The Hall–Kier alpha value is -0.610. The average Bonchev–Trinajstić information content (AvgIpc) is 2.25. The molecule has 12 heavy (non-hydrogen) atoms. The third-order valence-corrected chi connectivity index (χ3v) is 2.96. The van der Waals surface area contributed by atoms with Gasteiger partial charge < -0.3 is 9.88 Å². The van der Waals surface area contributed by atoms with Crippen LogP contribution in [0.2, 0.25) is 0 Å². The third kappa shape index (κ3) is 1.76. The van der Waals surface area contributed by atoms with Gasteiger partial charge in [0.25, 0.3) is 0 Å². The van der Waals surface area contributed by atoms with Crippen molar-refractivity contribution in [1.82, 2.24) is 9.88 Å². The molecule has 68 valence electrons. The molecular formula is C8H14N2OS. The molecule has 1 aromatic rings. The van der Waals surface area contributed by atoms with Crippen molar-refractivity contribution in [2.75, 3.05) is 13.6 Å². The van der Waals surface area contributed by atoms with Gasteiger partial charge in [0.05, 0.1) is 0 Å². The van der Waals surface area contributed by atoms with Crippen LogP contribution in [0.1, 0.15) is 10.6 Å². The van der Waals surface area contributed by atoms with E-state index in [9.17, 15) is 4.79 Å². The molecule has 1 N–H and O–H groups in total. The van der Waals surface area contributed by atoms with Crippen molar-refractivity contribution in [2.24, 2.45) is 0 Å².